The first kappa shape index (κ1) is 27.1. The van der Waals surface area contributed by atoms with Gasteiger partial charge in [0.25, 0.3) is 11.7 Å². The summed E-state index contributed by atoms with van der Waals surface area (Å²) in [5.74, 6) is -2.32. The SMILES string of the molecule is COc1ccc(/C(O)=C2/C(=O)C(=O)N(Cc3ccc(C(=O)O)cc3)C2c2ccc(C(C)(C)C)cc2)cc1Br. The number of aliphatic hydroxyl groups is 1. The van der Waals surface area contributed by atoms with Gasteiger partial charge < -0.3 is 19.8 Å². The van der Waals surface area contributed by atoms with Crippen molar-refractivity contribution in [1.82, 2.24) is 4.90 Å². The molecule has 0 aliphatic carbocycles. The molecule has 38 heavy (non-hydrogen) atoms. The van der Waals surface area contributed by atoms with Gasteiger partial charge >= 0.3 is 5.97 Å². The smallest absolute Gasteiger partial charge is 0.335 e. The molecule has 0 aromatic heterocycles. The minimum absolute atomic E-state index is 0.0160. The third-order valence-corrected chi connectivity index (χ3v) is 7.23. The number of benzene rings is 3. The van der Waals surface area contributed by atoms with E-state index in [1.165, 1.54) is 24.1 Å². The summed E-state index contributed by atoms with van der Waals surface area (Å²) in [6.45, 7) is 6.34. The number of aromatic carboxylic acids is 1. The maximum absolute atomic E-state index is 13.4. The molecule has 1 saturated heterocycles. The van der Waals surface area contributed by atoms with Gasteiger partial charge in [0.1, 0.15) is 11.5 Å². The molecule has 1 unspecified atom stereocenters. The van der Waals surface area contributed by atoms with Gasteiger partial charge in [-0.25, -0.2) is 4.79 Å². The van der Waals surface area contributed by atoms with Crippen molar-refractivity contribution in [2.45, 2.75) is 38.8 Å². The molecule has 7 nitrogen and oxygen atoms in total. The van der Waals surface area contributed by atoms with Crippen LogP contribution in [0.4, 0.5) is 0 Å². The van der Waals surface area contributed by atoms with Crippen molar-refractivity contribution in [2.24, 2.45) is 0 Å². The largest absolute Gasteiger partial charge is 0.507 e. The van der Waals surface area contributed by atoms with Gasteiger partial charge in [0.05, 0.1) is 28.8 Å². The van der Waals surface area contributed by atoms with Crippen LogP contribution in [-0.2, 0) is 21.5 Å². The zero-order valence-corrected chi connectivity index (χ0v) is 23.1. The summed E-state index contributed by atoms with van der Waals surface area (Å²) in [6, 6.07) is 17.9. The van der Waals surface area contributed by atoms with Crippen molar-refractivity contribution < 1.29 is 29.3 Å². The number of rotatable bonds is 6. The molecule has 1 aliphatic heterocycles. The van der Waals surface area contributed by atoms with Crippen molar-refractivity contribution >= 4 is 39.3 Å². The lowest BCUT2D eigenvalue weighted by molar-refractivity contribution is -0.140. The highest BCUT2D eigenvalue weighted by molar-refractivity contribution is 9.10. The van der Waals surface area contributed by atoms with Crippen molar-refractivity contribution in [3.05, 3.63) is 105 Å². The zero-order chi connectivity index (χ0) is 27.8. The second-order valence-corrected chi connectivity index (χ2v) is 11.0. The van der Waals surface area contributed by atoms with Crippen LogP contribution in [-0.4, -0.2) is 39.9 Å². The highest BCUT2D eigenvalue weighted by Gasteiger charge is 2.46. The van der Waals surface area contributed by atoms with E-state index in [4.69, 9.17) is 4.74 Å². The summed E-state index contributed by atoms with van der Waals surface area (Å²) in [5, 5.41) is 20.6. The van der Waals surface area contributed by atoms with Crippen LogP contribution >= 0.6 is 15.9 Å². The van der Waals surface area contributed by atoms with Gasteiger partial charge in [0.15, 0.2) is 0 Å². The minimum atomic E-state index is -1.05. The number of amides is 1. The Balaban J connectivity index is 1.84. The molecule has 196 valence electrons. The summed E-state index contributed by atoms with van der Waals surface area (Å²) in [5.41, 5.74) is 2.78. The molecule has 3 aromatic carbocycles. The summed E-state index contributed by atoms with van der Waals surface area (Å²) in [4.78, 5) is 39.3. The highest BCUT2D eigenvalue weighted by atomic mass is 79.9. The molecule has 1 amide bonds. The first-order valence-electron chi connectivity index (χ1n) is 12.0. The Morgan fingerprint density at radius 2 is 1.55 bits per heavy atom. The van der Waals surface area contributed by atoms with Crippen molar-refractivity contribution in [3.8, 4) is 5.75 Å². The molecule has 1 aliphatic rings. The fraction of sp³-hybridized carbons (Fsp3) is 0.233. The van der Waals surface area contributed by atoms with Gasteiger partial charge in [-0.1, -0.05) is 57.2 Å². The number of halogens is 1. The molecule has 1 heterocycles. The second-order valence-electron chi connectivity index (χ2n) is 10.2. The summed E-state index contributed by atoms with van der Waals surface area (Å²) in [7, 11) is 1.52. The number of methoxy groups -OCH3 is 1. The molecule has 1 atom stereocenters. The van der Waals surface area contributed by atoms with E-state index in [-0.39, 0.29) is 28.9 Å². The number of carboxylic acids is 1. The number of carbonyl (C=O) groups excluding carboxylic acids is 2. The number of aliphatic hydroxyl groups excluding tert-OH is 1. The van der Waals surface area contributed by atoms with Gasteiger partial charge in [-0.3, -0.25) is 9.59 Å². The first-order chi connectivity index (χ1) is 17.9. The van der Waals surface area contributed by atoms with E-state index in [9.17, 15) is 24.6 Å². The van der Waals surface area contributed by atoms with E-state index >= 15 is 0 Å². The van der Waals surface area contributed by atoms with Crippen LogP contribution in [0, 0.1) is 0 Å². The Morgan fingerprint density at radius 3 is 2.08 bits per heavy atom. The Hall–Kier alpha value is -3.91. The van der Waals surface area contributed by atoms with E-state index in [1.807, 2.05) is 24.3 Å². The number of carbonyl (C=O) groups is 3. The van der Waals surface area contributed by atoms with Crippen LogP contribution in [0.15, 0.2) is 76.8 Å². The van der Waals surface area contributed by atoms with Crippen LogP contribution in [0.3, 0.4) is 0 Å². The molecule has 8 heteroatoms. The standard InChI is InChI=1S/C30H28BrNO6/c1-30(2,3)21-12-9-18(10-13-21)25-24(26(33)20-11-14-23(38-4)22(31)15-20)27(34)28(35)32(25)16-17-5-7-19(8-6-17)29(36)37/h5-15,25,33H,16H2,1-4H3,(H,36,37)/b26-24-. The van der Waals surface area contributed by atoms with E-state index in [0.29, 0.717) is 26.9 Å². The van der Waals surface area contributed by atoms with Gasteiger partial charge in [-0.05, 0) is 68.4 Å². The number of ether oxygens (including phenoxy) is 1. The highest BCUT2D eigenvalue weighted by Crippen LogP contribution is 2.41. The quantitative estimate of drug-likeness (QED) is 0.209. The van der Waals surface area contributed by atoms with E-state index in [2.05, 4.69) is 36.7 Å². The number of Topliss-reactive ketones (excluding diaryl/α,β-unsaturated/α-hetero) is 1. The van der Waals surface area contributed by atoms with Crippen LogP contribution in [0.1, 0.15) is 59.4 Å². The lowest BCUT2D eigenvalue weighted by Crippen LogP contribution is -2.29. The Labute approximate surface area is 229 Å². The molecular formula is C30H28BrNO6. The van der Waals surface area contributed by atoms with Crippen LogP contribution in [0.25, 0.3) is 5.76 Å². The fourth-order valence-electron chi connectivity index (χ4n) is 4.47. The van der Waals surface area contributed by atoms with Crippen LogP contribution in [0.2, 0.25) is 0 Å². The van der Waals surface area contributed by atoms with E-state index < -0.39 is 23.7 Å². The molecule has 0 saturated carbocycles. The predicted octanol–water partition coefficient (Wildman–Crippen LogP) is 6.08. The average Bonchev–Trinajstić information content (AvgIpc) is 3.13. The number of carboxylic acid groups (broad SMARTS) is 1. The van der Waals surface area contributed by atoms with E-state index in [1.54, 1.807) is 30.3 Å². The number of nitrogens with zero attached hydrogens (tertiary/aromatic N) is 1. The van der Waals surface area contributed by atoms with Crippen LogP contribution < -0.4 is 4.74 Å². The lowest BCUT2D eigenvalue weighted by atomic mass is 9.85. The fourth-order valence-corrected chi connectivity index (χ4v) is 5.01. The maximum atomic E-state index is 13.4. The number of hydrogen-bond acceptors (Lipinski definition) is 5. The minimum Gasteiger partial charge on any atom is -0.507 e. The summed E-state index contributed by atoms with van der Waals surface area (Å²) in [6.07, 6.45) is 0. The van der Waals surface area contributed by atoms with E-state index in [0.717, 1.165) is 5.56 Å². The molecule has 4 rings (SSSR count). The molecular weight excluding hydrogens is 550 g/mol. The molecule has 0 bridgehead atoms. The van der Waals surface area contributed by atoms with Gasteiger partial charge in [0.2, 0.25) is 0 Å². The molecule has 3 aromatic rings. The third-order valence-electron chi connectivity index (χ3n) is 6.61. The molecule has 0 spiro atoms. The number of hydrogen-bond donors (Lipinski definition) is 2. The van der Waals surface area contributed by atoms with Gasteiger partial charge in [-0.15, -0.1) is 0 Å². The normalized spacial score (nSPS) is 17.1. The number of ketones is 1. The molecule has 0 radical (unpaired) electrons. The third kappa shape index (κ3) is 5.22. The topological polar surface area (TPSA) is 104 Å². The van der Waals surface area contributed by atoms with Crippen molar-refractivity contribution in [3.63, 3.8) is 0 Å². The van der Waals surface area contributed by atoms with Gasteiger partial charge in [-0.2, -0.15) is 0 Å². The molecule has 2 N–H and O–H groups in total. The van der Waals surface area contributed by atoms with Gasteiger partial charge in [0, 0.05) is 12.1 Å². The average molecular weight is 578 g/mol. The maximum Gasteiger partial charge on any atom is 0.335 e. The Kier molecular flexibility index (Phi) is 7.47. The monoisotopic (exact) mass is 577 g/mol. The Bertz CT molecular complexity index is 1440. The predicted molar refractivity (Wildman–Crippen MR) is 147 cm³/mol. The zero-order valence-electron chi connectivity index (χ0n) is 21.5. The molecule has 1 fully saturated rings. The van der Waals surface area contributed by atoms with Crippen LogP contribution in [0.5, 0.6) is 5.75 Å². The second kappa shape index (κ2) is 10.5. The van der Waals surface area contributed by atoms with Crippen molar-refractivity contribution in [2.75, 3.05) is 7.11 Å². The first-order valence-corrected chi connectivity index (χ1v) is 12.8. The summed E-state index contributed by atoms with van der Waals surface area (Å²) >= 11 is 3.41. The number of likely N-dealkylation sites (tertiary alicyclic amines) is 1. The summed E-state index contributed by atoms with van der Waals surface area (Å²) < 4.78 is 5.85. The Morgan fingerprint density at radius 1 is 0.947 bits per heavy atom. The van der Waals surface area contributed by atoms with Crippen molar-refractivity contribution in [1.29, 1.82) is 0 Å². The lowest BCUT2D eigenvalue weighted by Gasteiger charge is -2.26.